The van der Waals surface area contributed by atoms with Crippen molar-refractivity contribution in [1.29, 1.82) is 0 Å². The number of hydrogen-bond acceptors (Lipinski definition) is 3. The highest BCUT2D eigenvalue weighted by molar-refractivity contribution is 5.50. The molecule has 3 nitrogen and oxygen atoms in total. The van der Waals surface area contributed by atoms with Gasteiger partial charge in [-0.15, -0.1) is 4.91 Å². The zero-order chi connectivity index (χ0) is 16.8. The van der Waals surface area contributed by atoms with Crippen LogP contribution in [0.1, 0.15) is 78.1 Å². The molecular weight excluding hydrogens is 284 g/mol. The maximum absolute atomic E-state index is 10.3. The van der Waals surface area contributed by atoms with Gasteiger partial charge in [0.25, 0.3) is 0 Å². The maximum Gasteiger partial charge on any atom is 0.108 e. The predicted molar refractivity (Wildman–Crippen MR) is 101 cm³/mol. The van der Waals surface area contributed by atoms with E-state index in [0.29, 0.717) is 5.69 Å². The van der Waals surface area contributed by atoms with E-state index in [4.69, 9.17) is 0 Å². The zero-order valence-electron chi connectivity index (χ0n) is 15.0. The topological polar surface area (TPSA) is 41.5 Å². The molecule has 0 aliphatic rings. The molecule has 0 aliphatic heterocycles. The van der Waals surface area contributed by atoms with Crippen LogP contribution >= 0.6 is 0 Å². The largest absolute Gasteiger partial charge is 0.385 e. The quantitative estimate of drug-likeness (QED) is 0.295. The van der Waals surface area contributed by atoms with Crippen molar-refractivity contribution >= 4 is 11.4 Å². The average molecular weight is 319 g/mol. The van der Waals surface area contributed by atoms with E-state index in [1.165, 1.54) is 64.2 Å². The van der Waals surface area contributed by atoms with E-state index in [1.807, 2.05) is 12.1 Å². The van der Waals surface area contributed by atoms with E-state index in [9.17, 15) is 4.91 Å². The number of nitrogens with one attached hydrogen (secondary N) is 1. The SMILES string of the molecule is CC(C)CCCCCCCCCCCNc1ccc(N=O)cc1. The average Bonchev–Trinajstić information content (AvgIpc) is 2.56. The summed E-state index contributed by atoms with van der Waals surface area (Å²) in [6.07, 6.45) is 13.7. The molecule has 0 unspecified atom stereocenters. The number of hydrogen-bond donors (Lipinski definition) is 1. The lowest BCUT2D eigenvalue weighted by atomic mass is 10.0. The molecule has 0 saturated heterocycles. The molecule has 0 bridgehead atoms. The van der Waals surface area contributed by atoms with Crippen LogP contribution in [0.2, 0.25) is 0 Å². The third-order valence-electron chi connectivity index (χ3n) is 4.26. The third kappa shape index (κ3) is 10.9. The van der Waals surface area contributed by atoms with Gasteiger partial charge in [-0.25, -0.2) is 0 Å². The summed E-state index contributed by atoms with van der Waals surface area (Å²) in [4.78, 5) is 10.3. The van der Waals surface area contributed by atoms with Crippen LogP contribution in [-0.4, -0.2) is 6.54 Å². The fourth-order valence-corrected chi connectivity index (χ4v) is 2.79. The molecule has 0 aromatic heterocycles. The van der Waals surface area contributed by atoms with Crippen LogP contribution in [0, 0.1) is 10.8 Å². The van der Waals surface area contributed by atoms with Gasteiger partial charge in [0, 0.05) is 12.2 Å². The van der Waals surface area contributed by atoms with Crippen molar-refractivity contribution in [3.8, 4) is 0 Å². The van der Waals surface area contributed by atoms with Crippen molar-refractivity contribution in [2.24, 2.45) is 11.1 Å². The maximum atomic E-state index is 10.3. The molecule has 0 aliphatic carbocycles. The summed E-state index contributed by atoms with van der Waals surface area (Å²) in [6.45, 7) is 5.63. The van der Waals surface area contributed by atoms with Gasteiger partial charge >= 0.3 is 0 Å². The minimum atomic E-state index is 0.486. The van der Waals surface area contributed by atoms with Gasteiger partial charge in [0.2, 0.25) is 0 Å². The second-order valence-corrected chi connectivity index (χ2v) is 6.93. The first kappa shape index (κ1) is 19.7. The summed E-state index contributed by atoms with van der Waals surface area (Å²) in [5, 5.41) is 6.29. The minimum Gasteiger partial charge on any atom is -0.385 e. The van der Waals surface area contributed by atoms with Gasteiger partial charge in [-0.3, -0.25) is 0 Å². The first-order chi connectivity index (χ1) is 11.2. The first-order valence-corrected chi connectivity index (χ1v) is 9.39. The van der Waals surface area contributed by atoms with Crippen LogP contribution in [0.3, 0.4) is 0 Å². The van der Waals surface area contributed by atoms with Crippen molar-refractivity contribution < 1.29 is 0 Å². The number of nitrogens with zero attached hydrogens (tertiary/aromatic N) is 1. The molecule has 0 fully saturated rings. The Labute approximate surface area is 142 Å². The molecule has 0 radical (unpaired) electrons. The lowest BCUT2D eigenvalue weighted by Crippen LogP contribution is -2.00. The van der Waals surface area contributed by atoms with Gasteiger partial charge in [0.1, 0.15) is 5.69 Å². The first-order valence-electron chi connectivity index (χ1n) is 9.39. The van der Waals surface area contributed by atoms with Crippen LogP contribution in [0.5, 0.6) is 0 Å². The molecular formula is C20H34N2O. The highest BCUT2D eigenvalue weighted by Gasteiger charge is 1.96. The van der Waals surface area contributed by atoms with Crippen molar-refractivity contribution in [2.75, 3.05) is 11.9 Å². The van der Waals surface area contributed by atoms with Gasteiger partial charge in [-0.05, 0) is 41.8 Å². The molecule has 23 heavy (non-hydrogen) atoms. The van der Waals surface area contributed by atoms with Crippen LogP contribution in [-0.2, 0) is 0 Å². The van der Waals surface area contributed by atoms with Gasteiger partial charge in [0.05, 0.1) is 0 Å². The summed E-state index contributed by atoms with van der Waals surface area (Å²) in [5.41, 5.74) is 1.55. The van der Waals surface area contributed by atoms with E-state index in [2.05, 4.69) is 24.3 Å². The number of anilines is 1. The summed E-state index contributed by atoms with van der Waals surface area (Å²) in [6, 6.07) is 7.32. The fourth-order valence-electron chi connectivity index (χ4n) is 2.79. The van der Waals surface area contributed by atoms with Gasteiger partial charge in [-0.2, -0.15) is 0 Å². The van der Waals surface area contributed by atoms with Gasteiger partial charge in [-0.1, -0.05) is 71.6 Å². The Morgan fingerprint density at radius 1 is 0.826 bits per heavy atom. The third-order valence-corrected chi connectivity index (χ3v) is 4.26. The van der Waals surface area contributed by atoms with Crippen LogP contribution in [0.4, 0.5) is 11.4 Å². The Morgan fingerprint density at radius 3 is 1.87 bits per heavy atom. The van der Waals surface area contributed by atoms with Crippen LogP contribution in [0.15, 0.2) is 29.4 Å². The molecule has 130 valence electrons. The van der Waals surface area contributed by atoms with Crippen LogP contribution in [0.25, 0.3) is 0 Å². The number of rotatable bonds is 14. The van der Waals surface area contributed by atoms with Crippen molar-refractivity contribution in [3.63, 3.8) is 0 Å². The normalized spacial score (nSPS) is 10.9. The number of benzene rings is 1. The van der Waals surface area contributed by atoms with E-state index in [0.717, 1.165) is 18.2 Å². The Kier molecular flexibility index (Phi) is 11.2. The summed E-state index contributed by atoms with van der Waals surface area (Å²) in [7, 11) is 0. The monoisotopic (exact) mass is 318 g/mol. The molecule has 1 aromatic carbocycles. The summed E-state index contributed by atoms with van der Waals surface area (Å²) >= 11 is 0. The van der Waals surface area contributed by atoms with E-state index in [1.54, 1.807) is 12.1 Å². The summed E-state index contributed by atoms with van der Waals surface area (Å²) in [5.74, 6) is 0.864. The number of unbranched alkanes of at least 4 members (excludes halogenated alkanes) is 8. The van der Waals surface area contributed by atoms with E-state index < -0.39 is 0 Å². The van der Waals surface area contributed by atoms with Gasteiger partial charge < -0.3 is 5.32 Å². The fraction of sp³-hybridized carbons (Fsp3) is 0.700. The lowest BCUT2D eigenvalue weighted by Gasteiger charge is -2.06. The second kappa shape index (κ2) is 13.1. The molecule has 1 aromatic rings. The molecule has 1 rings (SSSR count). The highest BCUT2D eigenvalue weighted by atomic mass is 16.3. The van der Waals surface area contributed by atoms with Crippen LogP contribution < -0.4 is 5.32 Å². The Balaban J connectivity index is 1.85. The molecule has 0 saturated carbocycles. The molecule has 0 heterocycles. The molecule has 1 N–H and O–H groups in total. The number of nitroso groups, excluding NO2 is 1. The van der Waals surface area contributed by atoms with E-state index >= 15 is 0 Å². The smallest absolute Gasteiger partial charge is 0.108 e. The minimum absolute atomic E-state index is 0.486. The summed E-state index contributed by atoms with van der Waals surface area (Å²) < 4.78 is 0. The zero-order valence-corrected chi connectivity index (χ0v) is 15.0. The van der Waals surface area contributed by atoms with Crippen molar-refractivity contribution in [3.05, 3.63) is 29.2 Å². The molecule has 0 spiro atoms. The standard InChI is InChI=1S/C20H34N2O/c1-18(2)12-10-8-6-4-3-5-7-9-11-17-21-19-13-15-20(22-23)16-14-19/h13-16,18,21H,3-12,17H2,1-2H3. The Morgan fingerprint density at radius 2 is 1.35 bits per heavy atom. The highest BCUT2D eigenvalue weighted by Crippen LogP contribution is 2.16. The molecule has 3 heteroatoms. The Bertz CT molecular complexity index is 401. The molecule has 0 atom stereocenters. The van der Waals surface area contributed by atoms with Gasteiger partial charge in [0.15, 0.2) is 0 Å². The van der Waals surface area contributed by atoms with E-state index in [-0.39, 0.29) is 0 Å². The lowest BCUT2D eigenvalue weighted by molar-refractivity contribution is 0.506. The predicted octanol–water partition coefficient (Wildman–Crippen LogP) is 7.05. The Hall–Kier alpha value is -1.38. The molecule has 0 amide bonds. The second-order valence-electron chi connectivity index (χ2n) is 6.93. The van der Waals surface area contributed by atoms with Crippen molar-refractivity contribution in [2.45, 2.75) is 78.1 Å². The van der Waals surface area contributed by atoms with Crippen molar-refractivity contribution in [1.82, 2.24) is 0 Å².